The van der Waals surface area contributed by atoms with E-state index in [-0.39, 0.29) is 30.6 Å². The second kappa shape index (κ2) is 8.89. The van der Waals surface area contributed by atoms with E-state index >= 15 is 0 Å². The molecule has 0 fully saturated rings. The lowest BCUT2D eigenvalue weighted by Gasteiger charge is -2.17. The Kier molecular flexibility index (Phi) is 6.59. The summed E-state index contributed by atoms with van der Waals surface area (Å²) >= 11 is 5.86. The Hall–Kier alpha value is -2.80. The third-order valence-electron chi connectivity index (χ3n) is 3.33. The van der Waals surface area contributed by atoms with E-state index in [0.29, 0.717) is 17.3 Å². The van der Waals surface area contributed by atoms with E-state index in [9.17, 15) is 14.9 Å². The molecule has 2 rings (SSSR count). The van der Waals surface area contributed by atoms with E-state index in [0.717, 1.165) is 0 Å². The summed E-state index contributed by atoms with van der Waals surface area (Å²) in [5.74, 6) is 0.363. The lowest BCUT2D eigenvalue weighted by atomic mass is 10.3. The van der Waals surface area contributed by atoms with Gasteiger partial charge in [0.15, 0.2) is 12.4 Å². The van der Waals surface area contributed by atoms with Gasteiger partial charge in [0.05, 0.1) is 11.5 Å². The van der Waals surface area contributed by atoms with Gasteiger partial charge in [-0.25, -0.2) is 0 Å². The monoisotopic (exact) mass is 364 g/mol. The third-order valence-corrected chi connectivity index (χ3v) is 3.57. The van der Waals surface area contributed by atoms with Crippen molar-refractivity contribution in [3.8, 4) is 11.5 Å². The number of ether oxygens (including phenoxy) is 2. The number of hydrogen-bond donors (Lipinski definition) is 0. The lowest BCUT2D eigenvalue weighted by molar-refractivity contribution is -0.385. The quantitative estimate of drug-likeness (QED) is 0.530. The molecule has 0 N–H and O–H groups in total. The van der Waals surface area contributed by atoms with Crippen LogP contribution in [0.5, 0.6) is 11.5 Å². The Bertz CT molecular complexity index is 753. The molecule has 0 aliphatic carbocycles. The Labute approximate surface area is 149 Å². The second-order valence-electron chi connectivity index (χ2n) is 5.13. The Morgan fingerprint density at radius 1 is 1.20 bits per heavy atom. The molecule has 0 saturated carbocycles. The van der Waals surface area contributed by atoms with Crippen LogP contribution in [0.1, 0.15) is 0 Å². The molecule has 2 aromatic carbocycles. The minimum absolute atomic E-state index is 0.0597. The van der Waals surface area contributed by atoms with Crippen molar-refractivity contribution in [2.75, 3.05) is 26.8 Å². The van der Waals surface area contributed by atoms with Gasteiger partial charge in [-0.15, -0.1) is 0 Å². The van der Waals surface area contributed by atoms with E-state index in [1.165, 1.54) is 23.1 Å². The van der Waals surface area contributed by atoms with Crippen LogP contribution in [0.2, 0.25) is 5.02 Å². The van der Waals surface area contributed by atoms with Gasteiger partial charge in [-0.3, -0.25) is 14.9 Å². The van der Waals surface area contributed by atoms with Crippen LogP contribution in [0.15, 0.2) is 48.5 Å². The standard InChI is InChI=1S/C17H17ClN2O5/c1-19(9-10-24-14-6-4-5-13(18)11-14)17(21)12-25-16-8-3-2-7-15(16)20(22)23/h2-8,11H,9-10,12H2,1H3. The summed E-state index contributed by atoms with van der Waals surface area (Å²) in [6.07, 6.45) is 0. The molecule has 0 heterocycles. The fourth-order valence-electron chi connectivity index (χ4n) is 1.96. The molecule has 0 bridgehead atoms. The highest BCUT2D eigenvalue weighted by Crippen LogP contribution is 2.25. The molecule has 0 aromatic heterocycles. The summed E-state index contributed by atoms with van der Waals surface area (Å²) in [4.78, 5) is 23.8. The summed E-state index contributed by atoms with van der Waals surface area (Å²) in [5.41, 5.74) is -0.178. The van der Waals surface area contributed by atoms with Crippen LogP contribution in [0.3, 0.4) is 0 Å². The molecule has 25 heavy (non-hydrogen) atoms. The Morgan fingerprint density at radius 3 is 2.68 bits per heavy atom. The van der Waals surface area contributed by atoms with E-state index in [1.54, 1.807) is 37.4 Å². The zero-order chi connectivity index (χ0) is 18.2. The number of halogens is 1. The number of carbonyl (C=O) groups is 1. The molecule has 0 radical (unpaired) electrons. The second-order valence-corrected chi connectivity index (χ2v) is 5.57. The molecule has 0 unspecified atom stereocenters. The SMILES string of the molecule is CN(CCOc1cccc(Cl)c1)C(=O)COc1ccccc1[N+](=O)[O-]. The van der Waals surface area contributed by atoms with E-state index in [2.05, 4.69) is 0 Å². The Balaban J connectivity index is 1.80. The maximum atomic E-state index is 12.0. The first-order valence-electron chi connectivity index (χ1n) is 7.46. The normalized spacial score (nSPS) is 10.2. The van der Waals surface area contributed by atoms with Crippen molar-refractivity contribution in [2.24, 2.45) is 0 Å². The number of hydrogen-bond acceptors (Lipinski definition) is 5. The van der Waals surface area contributed by atoms with Crippen molar-refractivity contribution in [3.05, 3.63) is 63.7 Å². The summed E-state index contributed by atoms with van der Waals surface area (Å²) < 4.78 is 10.8. The van der Waals surface area contributed by atoms with Crippen LogP contribution >= 0.6 is 11.6 Å². The number of likely N-dealkylation sites (N-methyl/N-ethyl adjacent to an activating group) is 1. The van der Waals surface area contributed by atoms with E-state index in [4.69, 9.17) is 21.1 Å². The molecular formula is C17H17ClN2O5. The van der Waals surface area contributed by atoms with Crippen molar-refractivity contribution in [2.45, 2.75) is 0 Å². The van der Waals surface area contributed by atoms with Crippen molar-refractivity contribution < 1.29 is 19.2 Å². The molecule has 0 atom stereocenters. The average molecular weight is 365 g/mol. The van der Waals surface area contributed by atoms with Gasteiger partial charge < -0.3 is 14.4 Å². The van der Waals surface area contributed by atoms with Crippen LogP contribution in [-0.2, 0) is 4.79 Å². The summed E-state index contributed by atoms with van der Waals surface area (Å²) in [5, 5.41) is 11.5. The van der Waals surface area contributed by atoms with Crippen LogP contribution in [0.25, 0.3) is 0 Å². The van der Waals surface area contributed by atoms with E-state index < -0.39 is 4.92 Å². The van der Waals surface area contributed by atoms with Gasteiger partial charge in [0.1, 0.15) is 12.4 Å². The number of rotatable bonds is 8. The summed E-state index contributed by atoms with van der Waals surface area (Å²) in [6, 6.07) is 12.9. The Morgan fingerprint density at radius 2 is 1.96 bits per heavy atom. The molecule has 2 aromatic rings. The number of carbonyl (C=O) groups excluding carboxylic acids is 1. The molecule has 1 amide bonds. The first-order valence-corrected chi connectivity index (χ1v) is 7.83. The number of benzene rings is 2. The predicted molar refractivity (Wildman–Crippen MR) is 93.2 cm³/mol. The van der Waals surface area contributed by atoms with Crippen molar-refractivity contribution >= 4 is 23.2 Å². The number of para-hydroxylation sites is 2. The van der Waals surface area contributed by atoms with Crippen LogP contribution in [-0.4, -0.2) is 42.5 Å². The molecule has 0 aliphatic rings. The maximum Gasteiger partial charge on any atom is 0.310 e. The minimum atomic E-state index is -0.553. The largest absolute Gasteiger partial charge is 0.492 e. The van der Waals surface area contributed by atoms with Gasteiger partial charge in [0, 0.05) is 18.1 Å². The van der Waals surface area contributed by atoms with Gasteiger partial charge in [0.25, 0.3) is 5.91 Å². The number of amides is 1. The van der Waals surface area contributed by atoms with Gasteiger partial charge in [0.2, 0.25) is 0 Å². The van der Waals surface area contributed by atoms with Crippen LogP contribution in [0.4, 0.5) is 5.69 Å². The zero-order valence-corrected chi connectivity index (χ0v) is 14.3. The summed E-state index contributed by atoms with van der Waals surface area (Å²) in [6.45, 7) is 0.332. The van der Waals surface area contributed by atoms with Gasteiger partial charge in [-0.1, -0.05) is 29.8 Å². The highest BCUT2D eigenvalue weighted by Gasteiger charge is 2.16. The first kappa shape index (κ1) is 18.5. The fraction of sp³-hybridized carbons (Fsp3) is 0.235. The number of nitrogens with zero attached hydrogens (tertiary/aromatic N) is 2. The van der Waals surface area contributed by atoms with Gasteiger partial charge >= 0.3 is 5.69 Å². The van der Waals surface area contributed by atoms with Gasteiger partial charge in [-0.05, 0) is 24.3 Å². The molecule has 0 saturated heterocycles. The number of nitro groups is 1. The fourth-order valence-corrected chi connectivity index (χ4v) is 2.14. The molecule has 0 aliphatic heterocycles. The smallest absolute Gasteiger partial charge is 0.310 e. The molecule has 132 valence electrons. The molecule has 7 nitrogen and oxygen atoms in total. The van der Waals surface area contributed by atoms with Gasteiger partial charge in [-0.2, -0.15) is 0 Å². The average Bonchev–Trinajstić information content (AvgIpc) is 2.59. The highest BCUT2D eigenvalue weighted by molar-refractivity contribution is 6.30. The maximum absolute atomic E-state index is 12.0. The lowest BCUT2D eigenvalue weighted by Crippen LogP contribution is -2.34. The topological polar surface area (TPSA) is 81.9 Å². The minimum Gasteiger partial charge on any atom is -0.492 e. The molecular weight excluding hydrogens is 348 g/mol. The van der Waals surface area contributed by atoms with Crippen LogP contribution in [0, 0.1) is 10.1 Å². The van der Waals surface area contributed by atoms with Crippen molar-refractivity contribution in [3.63, 3.8) is 0 Å². The van der Waals surface area contributed by atoms with Crippen LogP contribution < -0.4 is 9.47 Å². The van der Waals surface area contributed by atoms with Crippen molar-refractivity contribution in [1.82, 2.24) is 4.90 Å². The highest BCUT2D eigenvalue weighted by atomic mass is 35.5. The molecule has 8 heteroatoms. The predicted octanol–water partition coefficient (Wildman–Crippen LogP) is 3.16. The zero-order valence-electron chi connectivity index (χ0n) is 13.6. The van der Waals surface area contributed by atoms with E-state index in [1.807, 2.05) is 0 Å². The third kappa shape index (κ3) is 5.65. The number of nitro benzene ring substituents is 1. The van der Waals surface area contributed by atoms with Crippen molar-refractivity contribution in [1.29, 1.82) is 0 Å². The molecule has 0 spiro atoms. The summed E-state index contributed by atoms with van der Waals surface area (Å²) in [7, 11) is 1.60. The first-order chi connectivity index (χ1) is 12.0.